The largest absolute Gasteiger partial charge is 0.444 e. The van der Waals surface area contributed by atoms with Crippen LogP contribution in [0.1, 0.15) is 20.8 Å². The van der Waals surface area contributed by atoms with Crippen LogP contribution in [0, 0.1) is 0 Å². The Morgan fingerprint density at radius 2 is 2.09 bits per heavy atom. The van der Waals surface area contributed by atoms with Gasteiger partial charge in [0.05, 0.1) is 0 Å². The van der Waals surface area contributed by atoms with Crippen LogP contribution in [0.15, 0.2) is 12.4 Å². The molecule has 0 aliphatic rings. The van der Waals surface area contributed by atoms with Crippen molar-refractivity contribution >= 4 is 6.09 Å². The Kier molecular flexibility index (Phi) is 3.44. The van der Waals surface area contributed by atoms with Crippen molar-refractivity contribution < 1.29 is 9.53 Å². The van der Waals surface area contributed by atoms with Crippen molar-refractivity contribution in [2.75, 3.05) is 0 Å². The number of ether oxygens (including phenoxy) is 1. The first-order valence-electron chi connectivity index (χ1n) is 3.32. The number of carbonyl (C=O) groups excluding carboxylic acids is 1. The maximum atomic E-state index is 10.8. The predicted octanol–water partition coefficient (Wildman–Crippen LogP) is 0.941. The molecule has 0 spiro atoms. The number of alkyl carbamates (subject to hydrolysis) is 1. The second-order valence-electron chi connectivity index (χ2n) is 3.01. The molecule has 0 radical (unpaired) electrons. The van der Waals surface area contributed by atoms with Crippen LogP contribution in [-0.2, 0) is 4.74 Å². The van der Waals surface area contributed by atoms with E-state index in [4.69, 9.17) is 10.5 Å². The van der Waals surface area contributed by atoms with Crippen molar-refractivity contribution in [1.29, 1.82) is 0 Å². The molecule has 4 nitrogen and oxygen atoms in total. The fraction of sp³-hybridized carbons (Fsp3) is 0.571. The Morgan fingerprint density at radius 3 is 2.45 bits per heavy atom. The summed E-state index contributed by atoms with van der Waals surface area (Å²) in [5.41, 5.74) is 4.52. The molecule has 0 fully saturated rings. The number of nitrogens with two attached hydrogens (primary N) is 1. The molecule has 0 aromatic carbocycles. The number of hydrogen-bond acceptors (Lipinski definition) is 3. The first-order chi connectivity index (χ1) is 4.95. The first-order valence-corrected chi connectivity index (χ1v) is 3.32. The average molecular weight is 158 g/mol. The summed E-state index contributed by atoms with van der Waals surface area (Å²) in [6, 6.07) is 0. The summed E-state index contributed by atoms with van der Waals surface area (Å²) in [4.78, 5) is 10.8. The Hall–Kier alpha value is -1.19. The molecule has 0 aliphatic carbocycles. The second-order valence-corrected chi connectivity index (χ2v) is 3.01. The van der Waals surface area contributed by atoms with Gasteiger partial charge in [-0.05, 0) is 20.8 Å². The molecule has 0 atom stereocenters. The Balaban J connectivity index is 3.70. The molecule has 3 N–H and O–H groups in total. The fourth-order valence-electron chi connectivity index (χ4n) is 0.424. The van der Waals surface area contributed by atoms with Crippen molar-refractivity contribution in [3.8, 4) is 0 Å². The minimum Gasteiger partial charge on any atom is -0.444 e. The molecule has 0 unspecified atom stereocenters. The van der Waals surface area contributed by atoms with Gasteiger partial charge in [-0.15, -0.1) is 0 Å². The van der Waals surface area contributed by atoms with E-state index >= 15 is 0 Å². The van der Waals surface area contributed by atoms with E-state index in [-0.39, 0.29) is 0 Å². The molecule has 4 heteroatoms. The van der Waals surface area contributed by atoms with E-state index in [2.05, 4.69) is 5.32 Å². The molecule has 0 rings (SSSR count). The van der Waals surface area contributed by atoms with Gasteiger partial charge in [0.2, 0.25) is 0 Å². The summed E-state index contributed by atoms with van der Waals surface area (Å²) in [6.07, 6.45) is 2.04. The van der Waals surface area contributed by atoms with E-state index < -0.39 is 11.7 Å². The second kappa shape index (κ2) is 3.85. The van der Waals surface area contributed by atoms with Crippen molar-refractivity contribution in [3.63, 3.8) is 0 Å². The monoisotopic (exact) mass is 158 g/mol. The van der Waals surface area contributed by atoms with Gasteiger partial charge in [0.1, 0.15) is 5.60 Å². The van der Waals surface area contributed by atoms with Crippen molar-refractivity contribution in [1.82, 2.24) is 5.32 Å². The van der Waals surface area contributed by atoms with Crippen LogP contribution in [0.4, 0.5) is 4.79 Å². The lowest BCUT2D eigenvalue weighted by Gasteiger charge is -2.18. The van der Waals surface area contributed by atoms with Crippen LogP contribution in [0.5, 0.6) is 0 Å². The van der Waals surface area contributed by atoms with Crippen LogP contribution in [0.25, 0.3) is 0 Å². The predicted molar refractivity (Wildman–Crippen MR) is 42.7 cm³/mol. The molecule has 1 amide bonds. The smallest absolute Gasteiger partial charge is 0.411 e. The maximum Gasteiger partial charge on any atom is 0.411 e. The third kappa shape index (κ3) is 6.70. The van der Waals surface area contributed by atoms with E-state index in [1.54, 1.807) is 20.8 Å². The van der Waals surface area contributed by atoms with Gasteiger partial charge in [-0.2, -0.15) is 0 Å². The van der Waals surface area contributed by atoms with E-state index in [1.807, 2.05) is 0 Å². The van der Waals surface area contributed by atoms with E-state index in [0.717, 1.165) is 0 Å². The standard InChI is InChI=1S/C7H14N2O2/c1-7(2,3)11-6(10)9-5-4-8/h4-5H,8H2,1-3H3,(H,9,10)/b5-4+. The maximum absolute atomic E-state index is 10.8. The molecule has 0 aliphatic heterocycles. The highest BCUT2D eigenvalue weighted by molar-refractivity contribution is 5.68. The topological polar surface area (TPSA) is 64.3 Å². The van der Waals surface area contributed by atoms with Gasteiger partial charge in [-0.25, -0.2) is 4.79 Å². The summed E-state index contributed by atoms with van der Waals surface area (Å²) < 4.78 is 4.88. The molecular formula is C7H14N2O2. The van der Waals surface area contributed by atoms with Crippen molar-refractivity contribution in [2.24, 2.45) is 5.73 Å². The normalized spacial score (nSPS) is 11.5. The number of rotatable bonds is 1. The highest BCUT2D eigenvalue weighted by Crippen LogP contribution is 2.05. The number of amides is 1. The summed E-state index contributed by atoms with van der Waals surface area (Å²) in [5.74, 6) is 0. The number of hydrogen-bond donors (Lipinski definition) is 2. The van der Waals surface area contributed by atoms with Gasteiger partial charge in [-0.3, -0.25) is 5.32 Å². The quantitative estimate of drug-likeness (QED) is 0.597. The number of carbonyl (C=O) groups is 1. The molecule has 0 saturated carbocycles. The summed E-state index contributed by atoms with van der Waals surface area (Å²) in [6.45, 7) is 5.37. The van der Waals surface area contributed by atoms with Crippen LogP contribution in [0.2, 0.25) is 0 Å². The average Bonchev–Trinajstić information content (AvgIpc) is 1.79. The van der Waals surface area contributed by atoms with Gasteiger partial charge < -0.3 is 10.5 Å². The van der Waals surface area contributed by atoms with E-state index in [0.29, 0.717) is 0 Å². The van der Waals surface area contributed by atoms with Gasteiger partial charge in [-0.1, -0.05) is 0 Å². The highest BCUT2D eigenvalue weighted by atomic mass is 16.6. The molecule has 0 aromatic heterocycles. The third-order valence-electron chi connectivity index (χ3n) is 0.696. The minimum absolute atomic E-state index is 0.466. The molecule has 0 saturated heterocycles. The zero-order valence-electron chi connectivity index (χ0n) is 7.05. The lowest BCUT2D eigenvalue weighted by molar-refractivity contribution is 0.0552. The summed E-state index contributed by atoms with van der Waals surface area (Å²) in [5, 5.41) is 2.32. The van der Waals surface area contributed by atoms with Crippen LogP contribution in [-0.4, -0.2) is 11.7 Å². The van der Waals surface area contributed by atoms with Crippen LogP contribution in [0.3, 0.4) is 0 Å². The van der Waals surface area contributed by atoms with Gasteiger partial charge in [0.15, 0.2) is 0 Å². The zero-order valence-corrected chi connectivity index (χ0v) is 7.05. The Morgan fingerprint density at radius 1 is 1.55 bits per heavy atom. The number of nitrogens with one attached hydrogen (secondary N) is 1. The van der Waals surface area contributed by atoms with Crippen LogP contribution < -0.4 is 11.1 Å². The van der Waals surface area contributed by atoms with Gasteiger partial charge in [0.25, 0.3) is 0 Å². The first kappa shape index (κ1) is 9.81. The molecule has 11 heavy (non-hydrogen) atoms. The van der Waals surface area contributed by atoms with Crippen molar-refractivity contribution in [3.05, 3.63) is 12.4 Å². The van der Waals surface area contributed by atoms with E-state index in [9.17, 15) is 4.79 Å². The van der Waals surface area contributed by atoms with Gasteiger partial charge in [0, 0.05) is 12.4 Å². The van der Waals surface area contributed by atoms with Crippen molar-refractivity contribution in [2.45, 2.75) is 26.4 Å². The summed E-state index contributed by atoms with van der Waals surface area (Å²) in [7, 11) is 0. The SMILES string of the molecule is CC(C)(C)OC(=O)N/C=C/N. The molecule has 0 aromatic rings. The lowest BCUT2D eigenvalue weighted by atomic mass is 10.2. The zero-order chi connectivity index (χ0) is 8.91. The molecule has 0 bridgehead atoms. The van der Waals surface area contributed by atoms with E-state index in [1.165, 1.54) is 12.4 Å². The highest BCUT2D eigenvalue weighted by Gasteiger charge is 2.14. The minimum atomic E-state index is -0.501. The molecule has 64 valence electrons. The third-order valence-corrected chi connectivity index (χ3v) is 0.696. The lowest BCUT2D eigenvalue weighted by Crippen LogP contribution is -2.29. The Labute approximate surface area is 66.4 Å². The summed E-state index contributed by atoms with van der Waals surface area (Å²) >= 11 is 0. The van der Waals surface area contributed by atoms with Gasteiger partial charge >= 0.3 is 6.09 Å². The molecular weight excluding hydrogens is 144 g/mol. The van der Waals surface area contributed by atoms with Crippen LogP contribution >= 0.6 is 0 Å². The fourth-order valence-corrected chi connectivity index (χ4v) is 0.424. The Bertz CT molecular complexity index is 158. The molecule has 0 heterocycles.